The fourth-order valence-electron chi connectivity index (χ4n) is 3.84. The van der Waals surface area contributed by atoms with Gasteiger partial charge < -0.3 is 25.8 Å². The van der Waals surface area contributed by atoms with Crippen molar-refractivity contribution in [3.8, 4) is 5.75 Å². The van der Waals surface area contributed by atoms with Crippen LogP contribution in [0.25, 0.3) is 0 Å². The van der Waals surface area contributed by atoms with Crippen molar-refractivity contribution in [3.05, 3.63) is 41.1 Å². The second-order valence-corrected chi connectivity index (χ2v) is 7.37. The summed E-state index contributed by atoms with van der Waals surface area (Å²) in [5, 5.41) is 5.60. The fourth-order valence-corrected chi connectivity index (χ4v) is 3.84. The van der Waals surface area contributed by atoms with Crippen molar-refractivity contribution in [1.29, 1.82) is 0 Å². The monoisotopic (exact) mass is 416 g/mol. The summed E-state index contributed by atoms with van der Waals surface area (Å²) in [6, 6.07) is 6.16. The zero-order valence-corrected chi connectivity index (χ0v) is 17.3. The maximum atomic E-state index is 12.8. The number of rotatable bonds is 7. The van der Waals surface area contributed by atoms with Crippen LogP contribution in [0.5, 0.6) is 5.75 Å². The molecule has 162 valence electrons. The Balaban J connectivity index is 1.89. The first-order valence-corrected chi connectivity index (χ1v) is 10.1. The summed E-state index contributed by atoms with van der Waals surface area (Å²) in [5.74, 6) is -0.212. The zero-order valence-electron chi connectivity index (χ0n) is 17.3. The van der Waals surface area contributed by atoms with Gasteiger partial charge in [-0.1, -0.05) is 12.1 Å². The van der Waals surface area contributed by atoms with Crippen molar-refractivity contribution in [2.45, 2.75) is 25.8 Å². The van der Waals surface area contributed by atoms with E-state index in [1.807, 2.05) is 12.1 Å². The number of nitrogens with zero attached hydrogens (tertiary/aromatic N) is 1. The summed E-state index contributed by atoms with van der Waals surface area (Å²) in [6.07, 6.45) is 1.32. The van der Waals surface area contributed by atoms with Crippen LogP contribution < -0.4 is 21.1 Å². The molecule has 2 heterocycles. The number of likely N-dealkylation sites (tertiary alicyclic amines) is 1. The summed E-state index contributed by atoms with van der Waals surface area (Å²) in [7, 11) is 1.57. The van der Waals surface area contributed by atoms with Gasteiger partial charge in [-0.2, -0.15) is 0 Å². The number of hydrogen-bond donors (Lipinski definition) is 3. The number of methoxy groups -OCH3 is 1. The maximum absolute atomic E-state index is 12.8. The highest BCUT2D eigenvalue weighted by Crippen LogP contribution is 2.30. The first-order chi connectivity index (χ1) is 14.4. The van der Waals surface area contributed by atoms with Crippen LogP contribution >= 0.6 is 0 Å². The Bertz CT molecular complexity index is 828. The van der Waals surface area contributed by atoms with Crippen LogP contribution in [0.15, 0.2) is 35.5 Å². The van der Waals surface area contributed by atoms with Crippen molar-refractivity contribution in [1.82, 2.24) is 15.5 Å². The average molecular weight is 416 g/mol. The number of nitrogens with one attached hydrogen (secondary N) is 2. The first kappa shape index (κ1) is 21.6. The molecular weight excluding hydrogens is 388 g/mol. The molecule has 1 saturated heterocycles. The van der Waals surface area contributed by atoms with E-state index in [1.165, 1.54) is 0 Å². The lowest BCUT2D eigenvalue weighted by molar-refractivity contribution is -0.139. The van der Waals surface area contributed by atoms with E-state index in [0.29, 0.717) is 49.5 Å². The Morgan fingerprint density at radius 3 is 2.43 bits per heavy atom. The van der Waals surface area contributed by atoms with Crippen molar-refractivity contribution in [3.63, 3.8) is 0 Å². The normalized spacial score (nSPS) is 20.3. The average Bonchev–Trinajstić information content (AvgIpc) is 2.74. The molecule has 9 nitrogen and oxygen atoms in total. The van der Waals surface area contributed by atoms with Gasteiger partial charge in [-0.15, -0.1) is 0 Å². The van der Waals surface area contributed by atoms with Crippen LogP contribution in [-0.2, 0) is 14.3 Å². The number of amides is 3. The smallest absolute Gasteiger partial charge is 0.338 e. The topological polar surface area (TPSA) is 123 Å². The Hall–Kier alpha value is -3.07. The second-order valence-electron chi connectivity index (χ2n) is 7.37. The predicted molar refractivity (Wildman–Crippen MR) is 109 cm³/mol. The van der Waals surface area contributed by atoms with Crippen molar-refractivity contribution < 1.29 is 23.9 Å². The van der Waals surface area contributed by atoms with E-state index in [4.69, 9.17) is 15.2 Å². The summed E-state index contributed by atoms with van der Waals surface area (Å²) in [6.45, 7) is 3.65. The number of carbonyl (C=O) groups is 3. The molecule has 0 radical (unpaired) electrons. The van der Waals surface area contributed by atoms with E-state index in [-0.39, 0.29) is 24.5 Å². The molecule has 1 fully saturated rings. The van der Waals surface area contributed by atoms with Gasteiger partial charge in [-0.25, -0.2) is 9.59 Å². The van der Waals surface area contributed by atoms with Gasteiger partial charge in [-0.3, -0.25) is 9.69 Å². The third-order valence-electron chi connectivity index (χ3n) is 5.47. The molecule has 1 aromatic carbocycles. The van der Waals surface area contributed by atoms with Gasteiger partial charge in [0.2, 0.25) is 5.91 Å². The van der Waals surface area contributed by atoms with Crippen LogP contribution in [0, 0.1) is 5.92 Å². The first-order valence-electron chi connectivity index (χ1n) is 10.1. The molecule has 3 rings (SSSR count). The number of primary amides is 1. The van der Waals surface area contributed by atoms with Crippen LogP contribution in [-0.4, -0.2) is 56.2 Å². The van der Waals surface area contributed by atoms with E-state index >= 15 is 0 Å². The number of carbonyl (C=O) groups excluding carboxylic acids is 3. The quantitative estimate of drug-likeness (QED) is 0.571. The molecule has 0 bridgehead atoms. The van der Waals surface area contributed by atoms with Gasteiger partial charge in [0.15, 0.2) is 0 Å². The molecule has 2 aliphatic rings. The number of nitrogens with two attached hydrogens (primary N) is 1. The molecule has 0 aromatic heterocycles. The van der Waals surface area contributed by atoms with E-state index in [0.717, 1.165) is 5.56 Å². The van der Waals surface area contributed by atoms with E-state index in [9.17, 15) is 14.4 Å². The minimum Gasteiger partial charge on any atom is -0.497 e. The SMILES string of the molecule is CCOC(=O)C1=C(CN2CCC(C(N)=O)CC2)NC(=O)N[C@H]1c1ccc(OC)cc1. The minimum atomic E-state index is -0.637. The summed E-state index contributed by atoms with van der Waals surface area (Å²) in [5.41, 5.74) is 7.04. The number of esters is 1. The summed E-state index contributed by atoms with van der Waals surface area (Å²) >= 11 is 0. The van der Waals surface area contributed by atoms with Crippen LogP contribution in [0.2, 0.25) is 0 Å². The summed E-state index contributed by atoms with van der Waals surface area (Å²) in [4.78, 5) is 38.7. The molecule has 1 atom stereocenters. The Morgan fingerprint density at radius 2 is 1.87 bits per heavy atom. The highest BCUT2D eigenvalue weighted by molar-refractivity contribution is 5.95. The maximum Gasteiger partial charge on any atom is 0.338 e. The van der Waals surface area contributed by atoms with Gasteiger partial charge in [0.05, 0.1) is 25.3 Å². The molecule has 0 aliphatic carbocycles. The molecule has 2 aliphatic heterocycles. The molecule has 4 N–H and O–H groups in total. The molecule has 9 heteroatoms. The van der Waals surface area contributed by atoms with E-state index < -0.39 is 12.0 Å². The molecule has 1 aromatic rings. The van der Waals surface area contributed by atoms with Crippen molar-refractivity contribution in [2.75, 3.05) is 33.4 Å². The van der Waals surface area contributed by atoms with Crippen LogP contribution in [0.1, 0.15) is 31.4 Å². The minimum absolute atomic E-state index is 0.130. The van der Waals surface area contributed by atoms with Gasteiger partial charge in [0.25, 0.3) is 0 Å². The van der Waals surface area contributed by atoms with Gasteiger partial charge >= 0.3 is 12.0 Å². The second kappa shape index (κ2) is 9.62. The molecule has 0 unspecified atom stereocenters. The highest BCUT2D eigenvalue weighted by atomic mass is 16.5. The Kier molecular flexibility index (Phi) is 6.94. The lowest BCUT2D eigenvalue weighted by atomic mass is 9.93. The van der Waals surface area contributed by atoms with Gasteiger partial charge in [0.1, 0.15) is 5.75 Å². The van der Waals surface area contributed by atoms with Gasteiger partial charge in [-0.05, 0) is 50.6 Å². The molecule has 30 heavy (non-hydrogen) atoms. The van der Waals surface area contributed by atoms with E-state index in [2.05, 4.69) is 15.5 Å². The lowest BCUT2D eigenvalue weighted by Crippen LogP contribution is -2.49. The molecule has 0 spiro atoms. The standard InChI is InChI=1S/C21H28N4O5/c1-3-30-20(27)17-16(12-25-10-8-14(9-11-25)19(22)26)23-21(28)24-18(17)13-4-6-15(29-2)7-5-13/h4-7,14,18H,3,8-12H2,1-2H3,(H2,22,26)(H2,23,24,28)/t18-/m0/s1. The third kappa shape index (κ3) is 4.91. The van der Waals surface area contributed by atoms with Crippen molar-refractivity contribution >= 4 is 17.9 Å². The van der Waals surface area contributed by atoms with Gasteiger partial charge in [0, 0.05) is 18.2 Å². The third-order valence-corrected chi connectivity index (χ3v) is 5.47. The number of ether oxygens (including phenoxy) is 2. The highest BCUT2D eigenvalue weighted by Gasteiger charge is 2.35. The Morgan fingerprint density at radius 1 is 1.20 bits per heavy atom. The number of piperidine rings is 1. The fraction of sp³-hybridized carbons (Fsp3) is 0.476. The largest absolute Gasteiger partial charge is 0.497 e. The number of benzene rings is 1. The lowest BCUT2D eigenvalue weighted by Gasteiger charge is -2.34. The van der Waals surface area contributed by atoms with E-state index in [1.54, 1.807) is 26.2 Å². The zero-order chi connectivity index (χ0) is 21.7. The predicted octanol–water partition coefficient (Wildman–Crippen LogP) is 1.06. The summed E-state index contributed by atoms with van der Waals surface area (Å²) < 4.78 is 10.5. The number of hydrogen-bond acceptors (Lipinski definition) is 6. The van der Waals surface area contributed by atoms with Crippen LogP contribution in [0.3, 0.4) is 0 Å². The number of urea groups is 1. The van der Waals surface area contributed by atoms with Crippen LogP contribution in [0.4, 0.5) is 4.79 Å². The molecule has 3 amide bonds. The molecule has 0 saturated carbocycles. The Labute approximate surface area is 175 Å². The molecular formula is C21H28N4O5. The van der Waals surface area contributed by atoms with Crippen molar-refractivity contribution in [2.24, 2.45) is 11.7 Å².